The third-order valence-electron chi connectivity index (χ3n) is 2.84. The maximum absolute atomic E-state index is 11.7. The van der Waals surface area contributed by atoms with Gasteiger partial charge in [0.05, 0.1) is 19.6 Å². The number of methoxy groups -OCH3 is 1. The minimum absolute atomic E-state index is 0.000744. The van der Waals surface area contributed by atoms with E-state index in [4.69, 9.17) is 4.74 Å². The molecule has 0 aliphatic carbocycles. The first kappa shape index (κ1) is 15.9. The first-order chi connectivity index (χ1) is 8.06. The Labute approximate surface area is 103 Å². The van der Waals surface area contributed by atoms with Crippen LogP contribution in [0.5, 0.6) is 0 Å². The van der Waals surface area contributed by atoms with Crippen LogP contribution in [0.15, 0.2) is 0 Å². The van der Waals surface area contributed by atoms with Crippen LogP contribution < -0.4 is 11.1 Å². The van der Waals surface area contributed by atoms with Crippen molar-refractivity contribution < 1.29 is 20.1 Å². The summed E-state index contributed by atoms with van der Waals surface area (Å²) in [6.45, 7) is 5.23. The Morgan fingerprint density at radius 1 is 1.41 bits per heavy atom. The molecule has 0 bridgehead atoms. The van der Waals surface area contributed by atoms with Crippen LogP contribution >= 0.6 is 0 Å². The maximum Gasteiger partial charge on any atom is 0.308 e. The SMILES string of the molecule is CCC(CC(C)C(=O)NCCC[NH3+])C(=O)OC. The van der Waals surface area contributed by atoms with Crippen molar-refractivity contribution in [3.8, 4) is 0 Å². The van der Waals surface area contributed by atoms with Gasteiger partial charge in [0.15, 0.2) is 0 Å². The largest absolute Gasteiger partial charge is 0.469 e. The van der Waals surface area contributed by atoms with E-state index >= 15 is 0 Å². The van der Waals surface area contributed by atoms with Crippen LogP contribution in [0, 0.1) is 11.8 Å². The van der Waals surface area contributed by atoms with Crippen LogP contribution in [0.1, 0.15) is 33.1 Å². The maximum atomic E-state index is 11.7. The molecule has 0 rings (SSSR count). The second-order valence-electron chi connectivity index (χ2n) is 4.26. The molecule has 2 unspecified atom stereocenters. The summed E-state index contributed by atoms with van der Waals surface area (Å²) in [6.07, 6.45) is 2.12. The predicted molar refractivity (Wildman–Crippen MR) is 65.0 cm³/mol. The van der Waals surface area contributed by atoms with Crippen molar-refractivity contribution in [2.45, 2.75) is 33.1 Å². The summed E-state index contributed by atoms with van der Waals surface area (Å²) in [5, 5.41) is 2.84. The quantitative estimate of drug-likeness (QED) is 0.465. The zero-order valence-corrected chi connectivity index (χ0v) is 11.1. The molecule has 0 aliphatic heterocycles. The highest BCUT2D eigenvalue weighted by molar-refractivity contribution is 5.79. The van der Waals surface area contributed by atoms with Gasteiger partial charge in [-0.2, -0.15) is 0 Å². The number of quaternary nitrogens is 1. The second kappa shape index (κ2) is 8.98. The van der Waals surface area contributed by atoms with Gasteiger partial charge in [0.1, 0.15) is 0 Å². The zero-order valence-electron chi connectivity index (χ0n) is 11.1. The topological polar surface area (TPSA) is 83.0 Å². The van der Waals surface area contributed by atoms with E-state index in [1.807, 2.05) is 13.8 Å². The molecule has 0 radical (unpaired) electrons. The number of carbonyl (C=O) groups excluding carboxylic acids is 2. The molecule has 0 aliphatic rings. The van der Waals surface area contributed by atoms with Gasteiger partial charge in [-0.05, 0) is 12.8 Å². The molecule has 1 amide bonds. The number of carbonyl (C=O) groups is 2. The summed E-state index contributed by atoms with van der Waals surface area (Å²) < 4.78 is 4.70. The average molecular weight is 245 g/mol. The molecule has 0 aromatic rings. The number of nitrogens with one attached hydrogen (secondary N) is 1. The van der Waals surface area contributed by atoms with Crippen LogP contribution in [0.4, 0.5) is 0 Å². The molecule has 5 heteroatoms. The van der Waals surface area contributed by atoms with Crippen LogP contribution in [0.3, 0.4) is 0 Å². The molecule has 100 valence electrons. The van der Waals surface area contributed by atoms with Gasteiger partial charge in [-0.15, -0.1) is 0 Å². The van der Waals surface area contributed by atoms with E-state index in [9.17, 15) is 9.59 Å². The van der Waals surface area contributed by atoms with Gasteiger partial charge in [0.25, 0.3) is 0 Å². The molecule has 0 saturated heterocycles. The number of rotatable bonds is 8. The van der Waals surface area contributed by atoms with Crippen molar-refractivity contribution in [1.29, 1.82) is 0 Å². The highest BCUT2D eigenvalue weighted by Gasteiger charge is 2.23. The summed E-state index contributed by atoms with van der Waals surface area (Å²) in [5.41, 5.74) is 3.71. The summed E-state index contributed by atoms with van der Waals surface area (Å²) >= 11 is 0. The lowest BCUT2D eigenvalue weighted by Crippen LogP contribution is -2.51. The smallest absolute Gasteiger partial charge is 0.308 e. The number of ether oxygens (including phenoxy) is 1. The zero-order chi connectivity index (χ0) is 13.3. The third-order valence-corrected chi connectivity index (χ3v) is 2.84. The van der Waals surface area contributed by atoms with Gasteiger partial charge in [-0.3, -0.25) is 9.59 Å². The van der Waals surface area contributed by atoms with Crippen LogP contribution in [0.25, 0.3) is 0 Å². The average Bonchev–Trinajstić information content (AvgIpc) is 2.34. The first-order valence-corrected chi connectivity index (χ1v) is 6.21. The number of hydrogen-bond donors (Lipinski definition) is 2. The molecular weight excluding hydrogens is 220 g/mol. The van der Waals surface area contributed by atoms with E-state index in [-0.39, 0.29) is 23.7 Å². The third kappa shape index (κ3) is 6.26. The molecule has 17 heavy (non-hydrogen) atoms. The van der Waals surface area contributed by atoms with E-state index < -0.39 is 0 Å². The van der Waals surface area contributed by atoms with Crippen molar-refractivity contribution in [2.24, 2.45) is 11.8 Å². The number of esters is 1. The number of amides is 1. The van der Waals surface area contributed by atoms with Crippen molar-refractivity contribution >= 4 is 11.9 Å². The van der Waals surface area contributed by atoms with Crippen molar-refractivity contribution in [1.82, 2.24) is 5.32 Å². The summed E-state index contributed by atoms with van der Waals surface area (Å²) in [7, 11) is 1.38. The Morgan fingerprint density at radius 3 is 2.53 bits per heavy atom. The van der Waals surface area contributed by atoms with E-state index in [1.54, 1.807) is 0 Å². The molecule has 0 heterocycles. The Bertz CT molecular complexity index is 244. The Balaban J connectivity index is 4.07. The Hall–Kier alpha value is -1.10. The predicted octanol–water partition coefficient (Wildman–Crippen LogP) is -0.0400. The van der Waals surface area contributed by atoms with Crippen molar-refractivity contribution in [3.63, 3.8) is 0 Å². The molecule has 4 N–H and O–H groups in total. The number of hydrogen-bond acceptors (Lipinski definition) is 3. The molecule has 2 atom stereocenters. The van der Waals surface area contributed by atoms with Crippen LogP contribution in [-0.4, -0.2) is 32.1 Å². The van der Waals surface area contributed by atoms with Crippen molar-refractivity contribution in [2.75, 3.05) is 20.2 Å². The summed E-state index contributed by atoms with van der Waals surface area (Å²) in [5.74, 6) is -0.580. The molecule has 0 fully saturated rings. The van der Waals surface area contributed by atoms with Gasteiger partial charge in [-0.1, -0.05) is 13.8 Å². The fourth-order valence-electron chi connectivity index (χ4n) is 1.64. The van der Waals surface area contributed by atoms with Gasteiger partial charge in [0, 0.05) is 18.9 Å². The van der Waals surface area contributed by atoms with E-state index in [0.717, 1.165) is 13.0 Å². The molecule has 0 aromatic carbocycles. The van der Waals surface area contributed by atoms with Crippen molar-refractivity contribution in [3.05, 3.63) is 0 Å². The standard InChI is InChI=1S/C12H24N2O3/c1-4-10(12(16)17-3)8-9(2)11(15)14-7-5-6-13/h9-10H,4-8,13H2,1-3H3,(H,14,15)/p+1. The highest BCUT2D eigenvalue weighted by atomic mass is 16.5. The lowest BCUT2D eigenvalue weighted by Gasteiger charge is -2.17. The fraction of sp³-hybridized carbons (Fsp3) is 0.833. The molecule has 0 aromatic heterocycles. The Morgan fingerprint density at radius 2 is 2.06 bits per heavy atom. The molecular formula is C12H25N2O3+. The summed E-state index contributed by atoms with van der Waals surface area (Å²) in [4.78, 5) is 23.1. The highest BCUT2D eigenvalue weighted by Crippen LogP contribution is 2.17. The molecule has 0 saturated carbocycles. The molecule has 0 spiro atoms. The monoisotopic (exact) mass is 245 g/mol. The van der Waals surface area contributed by atoms with Gasteiger partial charge >= 0.3 is 5.97 Å². The molecule has 5 nitrogen and oxygen atoms in total. The van der Waals surface area contributed by atoms with Crippen LogP contribution in [0.2, 0.25) is 0 Å². The Kier molecular flexibility index (Phi) is 8.40. The van der Waals surface area contributed by atoms with E-state index in [1.165, 1.54) is 7.11 Å². The first-order valence-electron chi connectivity index (χ1n) is 6.21. The lowest BCUT2D eigenvalue weighted by molar-refractivity contribution is -0.367. The van der Waals surface area contributed by atoms with Crippen LogP contribution in [-0.2, 0) is 14.3 Å². The summed E-state index contributed by atoms with van der Waals surface area (Å²) in [6, 6.07) is 0. The van der Waals surface area contributed by atoms with Gasteiger partial charge in [0.2, 0.25) is 5.91 Å². The van der Waals surface area contributed by atoms with E-state index in [0.29, 0.717) is 19.4 Å². The fourth-order valence-corrected chi connectivity index (χ4v) is 1.64. The van der Waals surface area contributed by atoms with Gasteiger partial charge < -0.3 is 15.8 Å². The van der Waals surface area contributed by atoms with Gasteiger partial charge in [-0.25, -0.2) is 0 Å². The normalized spacial score (nSPS) is 13.9. The lowest BCUT2D eigenvalue weighted by atomic mass is 9.93. The minimum atomic E-state index is -0.232. The second-order valence-corrected chi connectivity index (χ2v) is 4.26. The van der Waals surface area contributed by atoms with E-state index in [2.05, 4.69) is 11.1 Å². The minimum Gasteiger partial charge on any atom is -0.469 e.